The average molecular weight is 494 g/mol. The van der Waals surface area contributed by atoms with E-state index < -0.39 is 11.8 Å². The van der Waals surface area contributed by atoms with Crippen molar-refractivity contribution in [3.05, 3.63) is 52.4 Å². The van der Waals surface area contributed by atoms with Gasteiger partial charge in [0.25, 0.3) is 0 Å². The molecule has 0 spiro atoms. The standard InChI is InChI=1S/C21H24FN5O4S2/c1-4-30-20(29)13-9-16(12(2)3)33-19(13)24-18(28)11-32-21-26-25-17(27(21)23)10-31-15-8-6-5-7-14(15)22/h5-9,12H,4,10-11,23H2,1-3H3,(H,24,28). The molecule has 0 unspecified atom stereocenters. The van der Waals surface area contributed by atoms with Crippen molar-refractivity contribution in [2.45, 2.75) is 38.5 Å². The number of carbonyl (C=O) groups is 2. The molecular weight excluding hydrogens is 469 g/mol. The van der Waals surface area contributed by atoms with E-state index in [9.17, 15) is 14.0 Å². The van der Waals surface area contributed by atoms with E-state index in [0.717, 1.165) is 16.6 Å². The van der Waals surface area contributed by atoms with Gasteiger partial charge in [0.05, 0.1) is 17.9 Å². The number of esters is 1. The van der Waals surface area contributed by atoms with Crippen LogP contribution >= 0.6 is 23.1 Å². The van der Waals surface area contributed by atoms with Gasteiger partial charge in [-0.05, 0) is 31.0 Å². The highest BCUT2D eigenvalue weighted by molar-refractivity contribution is 7.99. The molecule has 3 N–H and O–H groups in total. The largest absolute Gasteiger partial charge is 0.482 e. The number of nitrogens with zero attached hydrogens (tertiary/aromatic N) is 3. The van der Waals surface area contributed by atoms with Gasteiger partial charge < -0.3 is 20.6 Å². The number of nitrogens with two attached hydrogens (primary N) is 1. The summed E-state index contributed by atoms with van der Waals surface area (Å²) in [4.78, 5) is 25.7. The van der Waals surface area contributed by atoms with Gasteiger partial charge >= 0.3 is 5.97 Å². The van der Waals surface area contributed by atoms with E-state index in [4.69, 9.17) is 15.3 Å². The van der Waals surface area contributed by atoms with Gasteiger partial charge in [-0.15, -0.1) is 21.5 Å². The maximum atomic E-state index is 13.7. The van der Waals surface area contributed by atoms with Gasteiger partial charge in [-0.1, -0.05) is 37.7 Å². The van der Waals surface area contributed by atoms with Crippen LogP contribution in [0.4, 0.5) is 9.39 Å². The van der Waals surface area contributed by atoms with Crippen LogP contribution in [0.25, 0.3) is 0 Å². The normalized spacial score (nSPS) is 10.9. The lowest BCUT2D eigenvalue weighted by Crippen LogP contribution is -2.18. The fourth-order valence-corrected chi connectivity index (χ4v) is 4.39. The van der Waals surface area contributed by atoms with Gasteiger partial charge in [0.2, 0.25) is 11.1 Å². The van der Waals surface area contributed by atoms with Crippen LogP contribution in [-0.2, 0) is 16.1 Å². The summed E-state index contributed by atoms with van der Waals surface area (Å²) in [7, 11) is 0. The topological polar surface area (TPSA) is 121 Å². The zero-order valence-corrected chi connectivity index (χ0v) is 20.0. The summed E-state index contributed by atoms with van der Waals surface area (Å²) >= 11 is 2.41. The Morgan fingerprint density at radius 2 is 2.06 bits per heavy atom. The molecular formula is C21H24FN5O4S2. The van der Waals surface area contributed by atoms with Crippen molar-refractivity contribution in [1.82, 2.24) is 14.9 Å². The Kier molecular flexibility index (Phi) is 8.28. The first-order valence-corrected chi connectivity index (χ1v) is 11.9. The van der Waals surface area contributed by atoms with Crippen molar-refractivity contribution < 1.29 is 23.5 Å². The summed E-state index contributed by atoms with van der Waals surface area (Å²) in [5, 5.41) is 11.4. The van der Waals surface area contributed by atoms with Gasteiger partial charge in [0, 0.05) is 4.88 Å². The first-order valence-electron chi connectivity index (χ1n) is 10.1. The minimum atomic E-state index is -0.497. The predicted molar refractivity (Wildman–Crippen MR) is 125 cm³/mol. The van der Waals surface area contributed by atoms with Crippen molar-refractivity contribution in [2.75, 3.05) is 23.5 Å². The summed E-state index contributed by atoms with van der Waals surface area (Å²) in [6.45, 7) is 5.88. The van der Waals surface area contributed by atoms with Crippen LogP contribution in [0.2, 0.25) is 0 Å². The molecule has 3 rings (SSSR count). The van der Waals surface area contributed by atoms with Gasteiger partial charge in [-0.3, -0.25) is 4.79 Å². The summed E-state index contributed by atoms with van der Waals surface area (Å²) in [6.07, 6.45) is 0. The molecule has 9 nitrogen and oxygen atoms in total. The van der Waals surface area contributed by atoms with Crippen LogP contribution in [0, 0.1) is 5.82 Å². The maximum absolute atomic E-state index is 13.7. The molecule has 0 bridgehead atoms. The summed E-state index contributed by atoms with van der Waals surface area (Å²) in [5.74, 6) is 5.19. The average Bonchev–Trinajstić information content (AvgIpc) is 3.35. The molecule has 1 aromatic carbocycles. The number of rotatable bonds is 10. The Balaban J connectivity index is 1.60. The van der Waals surface area contributed by atoms with E-state index in [1.165, 1.54) is 28.1 Å². The van der Waals surface area contributed by atoms with E-state index in [-0.39, 0.29) is 47.5 Å². The van der Waals surface area contributed by atoms with Crippen LogP contribution in [0.5, 0.6) is 5.75 Å². The third-order valence-corrected chi connectivity index (χ3v) is 6.62. The minimum Gasteiger partial charge on any atom is -0.482 e. The molecule has 0 aliphatic heterocycles. The molecule has 0 radical (unpaired) electrons. The number of anilines is 1. The fraction of sp³-hybridized carbons (Fsp3) is 0.333. The lowest BCUT2D eigenvalue weighted by molar-refractivity contribution is -0.113. The van der Waals surface area contributed by atoms with E-state index >= 15 is 0 Å². The number of thiophene rings is 1. The number of amides is 1. The summed E-state index contributed by atoms with van der Waals surface area (Å²) < 4.78 is 25.3. The molecule has 0 saturated carbocycles. The second-order valence-corrected chi connectivity index (χ2v) is 9.12. The summed E-state index contributed by atoms with van der Waals surface area (Å²) in [6, 6.07) is 7.73. The number of ether oxygens (including phenoxy) is 2. The Hall–Kier alpha value is -3.12. The number of hydrogen-bond donors (Lipinski definition) is 2. The van der Waals surface area contributed by atoms with Crippen molar-refractivity contribution >= 4 is 40.0 Å². The molecule has 1 amide bonds. The second-order valence-electron chi connectivity index (χ2n) is 7.09. The molecule has 3 aromatic rings. The Morgan fingerprint density at radius 3 is 2.76 bits per heavy atom. The molecule has 12 heteroatoms. The van der Waals surface area contributed by atoms with Gasteiger partial charge in [0.15, 0.2) is 17.4 Å². The molecule has 0 aliphatic rings. The van der Waals surface area contributed by atoms with Crippen molar-refractivity contribution in [1.29, 1.82) is 0 Å². The second kappa shape index (κ2) is 11.1. The van der Waals surface area contributed by atoms with Gasteiger partial charge in [-0.2, -0.15) is 0 Å². The van der Waals surface area contributed by atoms with Crippen LogP contribution < -0.4 is 15.9 Å². The predicted octanol–water partition coefficient (Wildman–Crippen LogP) is 3.80. The van der Waals surface area contributed by atoms with Crippen LogP contribution in [0.15, 0.2) is 35.5 Å². The molecule has 0 saturated heterocycles. The van der Waals surface area contributed by atoms with E-state index in [0.29, 0.717) is 10.6 Å². The Labute approximate surface area is 198 Å². The molecule has 0 fully saturated rings. The molecule has 176 valence electrons. The SMILES string of the molecule is CCOC(=O)c1cc(C(C)C)sc1NC(=O)CSc1nnc(COc2ccccc2F)n1N. The van der Waals surface area contributed by atoms with E-state index in [1.807, 2.05) is 13.8 Å². The zero-order valence-electron chi connectivity index (χ0n) is 18.3. The number of carbonyl (C=O) groups excluding carboxylic acids is 2. The third kappa shape index (κ3) is 6.23. The minimum absolute atomic E-state index is 0.0132. The fourth-order valence-electron chi connectivity index (χ4n) is 2.65. The number of nitrogen functional groups attached to an aromatic ring is 1. The lowest BCUT2D eigenvalue weighted by Gasteiger charge is -2.07. The number of benzene rings is 1. The Bertz CT molecular complexity index is 1130. The zero-order chi connectivity index (χ0) is 24.0. The highest BCUT2D eigenvalue weighted by atomic mass is 32.2. The number of nitrogens with one attached hydrogen (secondary N) is 1. The molecule has 0 aliphatic carbocycles. The van der Waals surface area contributed by atoms with Gasteiger partial charge in [0.1, 0.15) is 11.6 Å². The monoisotopic (exact) mass is 493 g/mol. The van der Waals surface area contributed by atoms with E-state index in [2.05, 4.69) is 15.5 Å². The first kappa shape index (κ1) is 24.5. The maximum Gasteiger partial charge on any atom is 0.341 e. The van der Waals surface area contributed by atoms with Crippen LogP contribution in [-0.4, -0.2) is 39.1 Å². The number of hydrogen-bond acceptors (Lipinski definition) is 9. The van der Waals surface area contributed by atoms with Crippen molar-refractivity contribution in [2.24, 2.45) is 0 Å². The van der Waals surface area contributed by atoms with E-state index in [1.54, 1.807) is 25.1 Å². The first-order chi connectivity index (χ1) is 15.8. The summed E-state index contributed by atoms with van der Waals surface area (Å²) in [5.41, 5.74) is 0.332. The molecule has 33 heavy (non-hydrogen) atoms. The van der Waals surface area contributed by atoms with Crippen LogP contribution in [0.3, 0.4) is 0 Å². The van der Waals surface area contributed by atoms with Gasteiger partial charge in [-0.25, -0.2) is 13.9 Å². The molecule has 0 atom stereocenters. The number of halogens is 1. The molecule has 2 aromatic heterocycles. The smallest absolute Gasteiger partial charge is 0.341 e. The Morgan fingerprint density at radius 1 is 1.30 bits per heavy atom. The number of para-hydroxylation sites is 1. The van der Waals surface area contributed by atoms with Crippen LogP contribution in [0.1, 0.15) is 47.7 Å². The number of aromatic nitrogens is 3. The van der Waals surface area contributed by atoms with Crippen molar-refractivity contribution in [3.63, 3.8) is 0 Å². The quantitative estimate of drug-likeness (QED) is 0.248. The number of thioether (sulfide) groups is 1. The third-order valence-electron chi connectivity index (χ3n) is 4.33. The highest BCUT2D eigenvalue weighted by Crippen LogP contribution is 2.33. The molecule has 2 heterocycles. The van der Waals surface area contributed by atoms with Crippen molar-refractivity contribution in [3.8, 4) is 5.75 Å². The lowest BCUT2D eigenvalue weighted by atomic mass is 10.1. The highest BCUT2D eigenvalue weighted by Gasteiger charge is 2.21.